The minimum atomic E-state index is -0.542. The van der Waals surface area contributed by atoms with Gasteiger partial charge in [0.05, 0.1) is 12.7 Å². The Morgan fingerprint density at radius 1 is 1.62 bits per heavy atom. The zero-order chi connectivity index (χ0) is 15.0. The van der Waals surface area contributed by atoms with Gasteiger partial charge in [0.1, 0.15) is 5.60 Å². The van der Waals surface area contributed by atoms with Crippen LogP contribution >= 0.6 is 11.6 Å². The van der Waals surface area contributed by atoms with Crippen molar-refractivity contribution in [3.63, 3.8) is 0 Å². The molecule has 114 valence electrons. The van der Waals surface area contributed by atoms with Gasteiger partial charge < -0.3 is 15.0 Å². The number of ether oxygens (including phenoxy) is 1. The van der Waals surface area contributed by atoms with Crippen molar-refractivity contribution >= 4 is 23.5 Å². The fraction of sp³-hybridized carbons (Fsp3) is 0.615. The Hall–Kier alpha value is -1.63. The lowest BCUT2D eigenvalue weighted by Crippen LogP contribution is -2.43. The van der Waals surface area contributed by atoms with E-state index in [1.54, 1.807) is 11.9 Å². The van der Waals surface area contributed by atoms with E-state index in [4.69, 9.17) is 16.3 Å². The van der Waals surface area contributed by atoms with Crippen LogP contribution in [0.25, 0.3) is 0 Å². The summed E-state index contributed by atoms with van der Waals surface area (Å²) >= 11 is 5.69. The van der Waals surface area contributed by atoms with Gasteiger partial charge >= 0.3 is 6.09 Å². The molecule has 2 atom stereocenters. The number of nitrogens with one attached hydrogen (secondary N) is 1. The lowest BCUT2D eigenvalue weighted by molar-refractivity contribution is 0.0222. The highest BCUT2D eigenvalue weighted by molar-refractivity contribution is 6.28. The minimum absolute atomic E-state index is 0.00329. The molecule has 0 aromatic carbocycles. The summed E-state index contributed by atoms with van der Waals surface area (Å²) in [4.78, 5) is 20.6. The first-order valence-electron chi connectivity index (χ1n) is 6.86. The average molecular weight is 315 g/mol. The average Bonchev–Trinajstić information content (AvgIpc) is 2.68. The number of halogens is 2. The second-order valence-electron chi connectivity index (χ2n) is 5.68. The number of carbonyl (C=O) groups excluding carboxylic acids is 1. The van der Waals surface area contributed by atoms with Crippen LogP contribution in [0.3, 0.4) is 0 Å². The van der Waals surface area contributed by atoms with Crippen molar-refractivity contribution in [3.8, 4) is 0 Å². The molecule has 1 aromatic heterocycles. The summed E-state index contributed by atoms with van der Waals surface area (Å²) in [7, 11) is 1.72. The second kappa shape index (κ2) is 5.29. The molecule has 3 rings (SSSR count). The monoisotopic (exact) mass is 314 g/mol. The third-order valence-corrected chi connectivity index (χ3v) is 4.18. The molecule has 21 heavy (non-hydrogen) atoms. The molecule has 1 spiro atoms. The van der Waals surface area contributed by atoms with E-state index in [1.165, 1.54) is 0 Å². The van der Waals surface area contributed by atoms with Gasteiger partial charge in [-0.25, -0.2) is 14.2 Å². The standard InChI is InChI=1S/C13H16ClFN4O2/c1-19-7-13(21-12(19)20)4-2-3-8(5-13)17-10-9(15)6-16-11(14)18-10/h6,8H,2-5,7H2,1H3,(H,16,17,18)/t8?,13-/m1/s1. The second-order valence-corrected chi connectivity index (χ2v) is 6.02. The highest BCUT2D eigenvalue weighted by atomic mass is 35.5. The molecule has 1 N–H and O–H groups in total. The molecule has 2 aliphatic rings. The summed E-state index contributed by atoms with van der Waals surface area (Å²) in [6, 6.07) is -0.0153. The van der Waals surface area contributed by atoms with Crippen LogP contribution in [0, 0.1) is 5.82 Å². The van der Waals surface area contributed by atoms with Gasteiger partial charge in [-0.15, -0.1) is 0 Å². The fourth-order valence-corrected chi connectivity index (χ4v) is 3.25. The van der Waals surface area contributed by atoms with Gasteiger partial charge in [-0.2, -0.15) is 4.98 Å². The van der Waals surface area contributed by atoms with E-state index < -0.39 is 11.4 Å². The van der Waals surface area contributed by atoms with E-state index in [0.717, 1.165) is 25.5 Å². The Kier molecular flexibility index (Phi) is 3.61. The van der Waals surface area contributed by atoms with E-state index in [-0.39, 0.29) is 23.2 Å². The number of anilines is 1. The van der Waals surface area contributed by atoms with Gasteiger partial charge in [0.25, 0.3) is 0 Å². The molecule has 1 saturated heterocycles. The summed E-state index contributed by atoms with van der Waals surface area (Å²) < 4.78 is 19.2. The normalized spacial score (nSPS) is 28.8. The molecule has 1 aliphatic carbocycles. The molecule has 1 unspecified atom stereocenters. The first-order chi connectivity index (χ1) is 9.97. The summed E-state index contributed by atoms with van der Waals surface area (Å²) in [5, 5.41) is 3.05. The zero-order valence-electron chi connectivity index (χ0n) is 11.6. The van der Waals surface area contributed by atoms with Crippen LogP contribution in [-0.2, 0) is 4.74 Å². The van der Waals surface area contributed by atoms with Crippen LogP contribution < -0.4 is 5.32 Å². The quantitative estimate of drug-likeness (QED) is 0.849. The number of amides is 1. The maximum Gasteiger partial charge on any atom is 0.410 e. The van der Waals surface area contributed by atoms with Crippen molar-refractivity contribution in [2.45, 2.75) is 37.3 Å². The van der Waals surface area contributed by atoms with E-state index in [0.29, 0.717) is 13.0 Å². The van der Waals surface area contributed by atoms with Gasteiger partial charge in [0.15, 0.2) is 11.6 Å². The number of likely N-dealkylation sites (N-methyl/N-ethyl adjacent to an activating group) is 1. The number of hydrogen-bond acceptors (Lipinski definition) is 5. The summed E-state index contributed by atoms with van der Waals surface area (Å²) in [5.74, 6) is -0.450. The van der Waals surface area contributed by atoms with Crippen LogP contribution in [0.5, 0.6) is 0 Å². The lowest BCUT2D eigenvalue weighted by atomic mass is 9.81. The maximum absolute atomic E-state index is 13.7. The Morgan fingerprint density at radius 2 is 2.43 bits per heavy atom. The van der Waals surface area contributed by atoms with Crippen molar-refractivity contribution in [3.05, 3.63) is 17.3 Å². The third kappa shape index (κ3) is 2.88. The first kappa shape index (κ1) is 14.3. The van der Waals surface area contributed by atoms with Gasteiger partial charge in [-0.1, -0.05) is 0 Å². The van der Waals surface area contributed by atoms with E-state index in [9.17, 15) is 9.18 Å². The highest BCUT2D eigenvalue weighted by Crippen LogP contribution is 2.37. The largest absolute Gasteiger partial charge is 0.441 e. The Morgan fingerprint density at radius 3 is 3.14 bits per heavy atom. The number of rotatable bonds is 2. The molecule has 2 fully saturated rings. The van der Waals surface area contributed by atoms with Crippen molar-refractivity contribution in [1.82, 2.24) is 14.9 Å². The molecular formula is C13H16ClFN4O2. The van der Waals surface area contributed by atoms with E-state index >= 15 is 0 Å². The number of hydrogen-bond donors (Lipinski definition) is 1. The Labute approximate surface area is 126 Å². The molecule has 1 saturated carbocycles. The molecule has 1 aromatic rings. The Balaban J connectivity index is 1.72. The smallest absolute Gasteiger partial charge is 0.410 e. The summed E-state index contributed by atoms with van der Waals surface area (Å²) in [5.41, 5.74) is -0.477. The third-order valence-electron chi connectivity index (χ3n) is 4.00. The van der Waals surface area contributed by atoms with E-state index in [1.807, 2.05) is 0 Å². The van der Waals surface area contributed by atoms with Crippen LogP contribution in [-0.4, -0.2) is 46.2 Å². The predicted molar refractivity (Wildman–Crippen MR) is 74.7 cm³/mol. The van der Waals surface area contributed by atoms with Crippen molar-refractivity contribution < 1.29 is 13.9 Å². The SMILES string of the molecule is CN1C[C@]2(CCCC(Nc3nc(Cl)ncc3F)C2)OC1=O. The fourth-order valence-electron chi connectivity index (χ4n) is 3.12. The molecular weight excluding hydrogens is 299 g/mol. The Bertz CT molecular complexity index is 573. The van der Waals surface area contributed by atoms with Gasteiger partial charge in [-0.3, -0.25) is 0 Å². The molecule has 8 heteroatoms. The van der Waals surface area contributed by atoms with Crippen LogP contribution in [0.15, 0.2) is 6.20 Å². The van der Waals surface area contributed by atoms with Gasteiger partial charge in [0.2, 0.25) is 5.28 Å². The highest BCUT2D eigenvalue weighted by Gasteiger charge is 2.46. The van der Waals surface area contributed by atoms with Crippen molar-refractivity contribution in [2.75, 3.05) is 18.9 Å². The van der Waals surface area contributed by atoms with Gasteiger partial charge in [0, 0.05) is 19.5 Å². The first-order valence-corrected chi connectivity index (χ1v) is 7.24. The van der Waals surface area contributed by atoms with E-state index in [2.05, 4.69) is 15.3 Å². The number of aromatic nitrogens is 2. The van der Waals surface area contributed by atoms with Crippen molar-refractivity contribution in [2.24, 2.45) is 0 Å². The molecule has 1 amide bonds. The minimum Gasteiger partial charge on any atom is -0.441 e. The lowest BCUT2D eigenvalue weighted by Gasteiger charge is -2.36. The number of nitrogens with zero attached hydrogens (tertiary/aromatic N) is 3. The maximum atomic E-state index is 13.7. The van der Waals surface area contributed by atoms with Crippen LogP contribution in [0.4, 0.5) is 15.0 Å². The topological polar surface area (TPSA) is 67.3 Å². The summed E-state index contributed by atoms with van der Waals surface area (Å²) in [6.07, 6.45) is 3.97. The molecule has 1 aliphatic heterocycles. The van der Waals surface area contributed by atoms with Crippen molar-refractivity contribution in [1.29, 1.82) is 0 Å². The predicted octanol–water partition coefficient (Wildman–Crippen LogP) is 2.44. The van der Waals surface area contributed by atoms with Gasteiger partial charge in [-0.05, 0) is 30.9 Å². The molecule has 0 radical (unpaired) electrons. The summed E-state index contributed by atoms with van der Waals surface area (Å²) in [6.45, 7) is 0.566. The molecule has 6 nitrogen and oxygen atoms in total. The molecule has 2 heterocycles. The van der Waals surface area contributed by atoms with Crippen LogP contribution in [0.2, 0.25) is 5.28 Å². The molecule has 0 bridgehead atoms. The van der Waals surface area contributed by atoms with Crippen LogP contribution in [0.1, 0.15) is 25.7 Å². The zero-order valence-corrected chi connectivity index (χ0v) is 12.4. The number of carbonyl (C=O) groups is 1.